The van der Waals surface area contributed by atoms with E-state index in [1.807, 2.05) is 0 Å². The highest BCUT2D eigenvalue weighted by Crippen LogP contribution is 2.28. The fourth-order valence-corrected chi connectivity index (χ4v) is 2.43. The van der Waals surface area contributed by atoms with Crippen LogP contribution in [0.15, 0.2) is 18.2 Å². The van der Waals surface area contributed by atoms with E-state index >= 15 is 0 Å². The molecule has 1 aromatic rings. The van der Waals surface area contributed by atoms with Gasteiger partial charge in [0, 0.05) is 5.02 Å². The van der Waals surface area contributed by atoms with Crippen LogP contribution in [0.4, 0.5) is 4.39 Å². The normalized spacial score (nSPS) is 21.3. The molecule has 106 valence electrons. The van der Waals surface area contributed by atoms with Gasteiger partial charge in [-0.15, -0.1) is 0 Å². The van der Waals surface area contributed by atoms with Crippen LogP contribution in [0, 0.1) is 5.82 Å². The summed E-state index contributed by atoms with van der Waals surface area (Å²) in [7, 11) is 0. The minimum absolute atomic E-state index is 0.139. The van der Waals surface area contributed by atoms with Gasteiger partial charge >= 0.3 is 0 Å². The van der Waals surface area contributed by atoms with E-state index in [2.05, 4.69) is 12.2 Å². The largest absolute Gasteiger partial charge is 0.376 e. The Labute approximate surface area is 118 Å². The highest BCUT2D eigenvalue weighted by Gasteiger charge is 2.28. The average molecular weight is 288 g/mol. The first kappa shape index (κ1) is 14.7. The highest BCUT2D eigenvalue weighted by atomic mass is 35.5. The molecule has 1 aliphatic rings. The number of ether oxygens (including phenoxy) is 2. The molecule has 0 bridgehead atoms. The van der Waals surface area contributed by atoms with Gasteiger partial charge in [-0.25, -0.2) is 4.39 Å². The monoisotopic (exact) mass is 287 g/mol. The number of hydrogen-bond donors (Lipinski definition) is 1. The van der Waals surface area contributed by atoms with Crippen molar-refractivity contribution >= 4 is 11.6 Å². The van der Waals surface area contributed by atoms with Crippen LogP contribution in [0.5, 0.6) is 0 Å². The van der Waals surface area contributed by atoms with Crippen molar-refractivity contribution < 1.29 is 13.9 Å². The number of benzene rings is 1. The summed E-state index contributed by atoms with van der Waals surface area (Å²) in [4.78, 5) is 0. The topological polar surface area (TPSA) is 30.5 Å². The summed E-state index contributed by atoms with van der Waals surface area (Å²) >= 11 is 6.19. The number of halogens is 2. The predicted octanol–water partition coefficient (Wildman–Crippen LogP) is 2.94. The Hall–Kier alpha value is -0.680. The Morgan fingerprint density at radius 3 is 3.00 bits per heavy atom. The third-order valence-electron chi connectivity index (χ3n) is 3.12. The van der Waals surface area contributed by atoms with E-state index in [1.54, 1.807) is 6.07 Å². The van der Waals surface area contributed by atoms with Crippen molar-refractivity contribution in [3.8, 4) is 0 Å². The Bertz CT molecular complexity index is 410. The van der Waals surface area contributed by atoms with E-state index in [0.717, 1.165) is 18.5 Å². The Morgan fingerprint density at radius 2 is 2.32 bits per heavy atom. The van der Waals surface area contributed by atoms with Gasteiger partial charge in [0.2, 0.25) is 0 Å². The van der Waals surface area contributed by atoms with E-state index in [4.69, 9.17) is 21.1 Å². The number of nitrogens with one attached hydrogen (secondary N) is 1. The summed E-state index contributed by atoms with van der Waals surface area (Å²) in [5, 5.41) is 3.91. The van der Waals surface area contributed by atoms with E-state index in [0.29, 0.717) is 24.8 Å². The molecule has 1 aliphatic heterocycles. The van der Waals surface area contributed by atoms with Crippen molar-refractivity contribution in [1.29, 1.82) is 0 Å². The molecule has 1 aromatic carbocycles. The van der Waals surface area contributed by atoms with Crippen LogP contribution >= 0.6 is 11.6 Å². The van der Waals surface area contributed by atoms with Gasteiger partial charge in [0.25, 0.3) is 0 Å². The van der Waals surface area contributed by atoms with Crippen LogP contribution in [-0.2, 0) is 9.47 Å². The molecule has 2 rings (SSSR count). The molecule has 1 heterocycles. The average Bonchev–Trinajstić information content (AvgIpc) is 2.44. The van der Waals surface area contributed by atoms with Crippen LogP contribution in [0.2, 0.25) is 5.02 Å². The second-order valence-electron chi connectivity index (χ2n) is 4.58. The first-order chi connectivity index (χ1) is 9.22. The van der Waals surface area contributed by atoms with Crippen molar-refractivity contribution in [2.75, 3.05) is 26.4 Å². The van der Waals surface area contributed by atoms with E-state index in [9.17, 15) is 4.39 Å². The molecule has 1 saturated heterocycles. The van der Waals surface area contributed by atoms with Crippen LogP contribution in [-0.4, -0.2) is 32.5 Å². The Morgan fingerprint density at radius 1 is 1.47 bits per heavy atom. The maximum absolute atomic E-state index is 13.4. The maximum Gasteiger partial charge on any atom is 0.123 e. The third-order valence-corrected chi connectivity index (χ3v) is 3.47. The molecule has 2 atom stereocenters. The van der Waals surface area contributed by atoms with Crippen molar-refractivity contribution in [3.63, 3.8) is 0 Å². The van der Waals surface area contributed by atoms with Gasteiger partial charge < -0.3 is 14.8 Å². The van der Waals surface area contributed by atoms with E-state index in [-0.39, 0.29) is 18.0 Å². The third kappa shape index (κ3) is 3.89. The van der Waals surface area contributed by atoms with Crippen molar-refractivity contribution in [3.05, 3.63) is 34.6 Å². The summed E-state index contributed by atoms with van der Waals surface area (Å²) in [5.41, 5.74) is 0.727. The first-order valence-electron chi connectivity index (χ1n) is 6.60. The minimum atomic E-state index is -0.292. The molecular weight excluding hydrogens is 269 g/mol. The fourth-order valence-electron chi connectivity index (χ4n) is 2.19. The lowest BCUT2D eigenvalue weighted by Crippen LogP contribution is -2.41. The van der Waals surface area contributed by atoms with Gasteiger partial charge in [0.15, 0.2) is 0 Å². The molecular formula is C14H19ClFNO2. The Kier molecular flexibility index (Phi) is 5.58. The van der Waals surface area contributed by atoms with Crippen LogP contribution in [0.25, 0.3) is 0 Å². The molecule has 3 nitrogen and oxygen atoms in total. The van der Waals surface area contributed by atoms with Gasteiger partial charge in [0.05, 0.1) is 25.9 Å². The summed E-state index contributed by atoms with van der Waals surface area (Å²) in [5.74, 6) is -0.292. The molecule has 19 heavy (non-hydrogen) atoms. The Balaban J connectivity index is 2.22. The molecule has 0 amide bonds. The zero-order valence-corrected chi connectivity index (χ0v) is 11.8. The van der Waals surface area contributed by atoms with Crippen LogP contribution in [0.1, 0.15) is 24.9 Å². The second kappa shape index (κ2) is 7.20. The second-order valence-corrected chi connectivity index (χ2v) is 4.99. The standard InChI is InChI=1S/C14H19ClFNO2/c1-2-5-17-14(13-9-18-6-7-19-13)11-8-10(16)3-4-12(11)15/h3-4,8,13-14,17H,2,5-7,9H2,1H3. The van der Waals surface area contributed by atoms with Gasteiger partial charge in [-0.3, -0.25) is 0 Å². The van der Waals surface area contributed by atoms with Crippen molar-refractivity contribution in [1.82, 2.24) is 5.32 Å². The lowest BCUT2D eigenvalue weighted by atomic mass is 10.0. The quantitative estimate of drug-likeness (QED) is 0.903. The molecule has 5 heteroatoms. The summed E-state index contributed by atoms with van der Waals surface area (Å²) in [6.45, 7) is 4.55. The summed E-state index contributed by atoms with van der Waals surface area (Å²) in [6.07, 6.45) is 0.844. The number of rotatable bonds is 5. The van der Waals surface area contributed by atoms with Crippen molar-refractivity contribution in [2.45, 2.75) is 25.5 Å². The SMILES string of the molecule is CCCNC(c1cc(F)ccc1Cl)C1COCCO1. The summed E-state index contributed by atoms with van der Waals surface area (Å²) < 4.78 is 24.6. The minimum Gasteiger partial charge on any atom is -0.376 e. The molecule has 0 saturated carbocycles. The first-order valence-corrected chi connectivity index (χ1v) is 6.98. The molecule has 0 spiro atoms. The van der Waals surface area contributed by atoms with Gasteiger partial charge in [0.1, 0.15) is 11.9 Å². The maximum atomic E-state index is 13.4. The van der Waals surface area contributed by atoms with E-state index < -0.39 is 0 Å². The number of hydrogen-bond acceptors (Lipinski definition) is 3. The molecule has 2 unspecified atom stereocenters. The lowest BCUT2D eigenvalue weighted by molar-refractivity contribution is -0.102. The lowest BCUT2D eigenvalue weighted by Gasteiger charge is -2.32. The summed E-state index contributed by atoms with van der Waals surface area (Å²) in [6, 6.07) is 4.26. The van der Waals surface area contributed by atoms with Crippen LogP contribution in [0.3, 0.4) is 0 Å². The zero-order chi connectivity index (χ0) is 13.7. The molecule has 0 aromatic heterocycles. The fraction of sp³-hybridized carbons (Fsp3) is 0.571. The molecule has 0 aliphatic carbocycles. The van der Waals surface area contributed by atoms with Gasteiger partial charge in [-0.1, -0.05) is 18.5 Å². The van der Waals surface area contributed by atoms with E-state index in [1.165, 1.54) is 12.1 Å². The van der Waals surface area contributed by atoms with Crippen LogP contribution < -0.4 is 5.32 Å². The highest BCUT2D eigenvalue weighted by molar-refractivity contribution is 6.31. The predicted molar refractivity (Wildman–Crippen MR) is 73.0 cm³/mol. The van der Waals surface area contributed by atoms with Gasteiger partial charge in [-0.05, 0) is 36.7 Å². The van der Waals surface area contributed by atoms with Crippen molar-refractivity contribution in [2.24, 2.45) is 0 Å². The smallest absolute Gasteiger partial charge is 0.123 e. The zero-order valence-electron chi connectivity index (χ0n) is 11.0. The molecule has 1 N–H and O–H groups in total. The molecule has 0 radical (unpaired) electrons. The molecule has 1 fully saturated rings. The van der Waals surface area contributed by atoms with Gasteiger partial charge in [-0.2, -0.15) is 0 Å².